The zero-order chi connectivity index (χ0) is 11.3. The largest absolute Gasteiger partial charge is 0.493 e. The van der Waals surface area contributed by atoms with Gasteiger partial charge in [0, 0.05) is 0 Å². The van der Waals surface area contributed by atoms with Crippen LogP contribution in [-0.4, -0.2) is 20.2 Å². The fraction of sp³-hybridized carbons (Fsp3) is 0.222. The van der Waals surface area contributed by atoms with Crippen molar-refractivity contribution < 1.29 is 19.1 Å². The molecule has 0 saturated heterocycles. The number of carbonyl (C=O) groups is 1. The van der Waals surface area contributed by atoms with Gasteiger partial charge in [-0.3, -0.25) is 4.84 Å². The molecule has 1 aromatic carbocycles. The molecule has 80 valence electrons. The summed E-state index contributed by atoms with van der Waals surface area (Å²) in [6.07, 6.45) is 0. The molecular formula is C9H9NO5. The molecule has 0 spiro atoms. The molecular weight excluding hydrogens is 202 g/mol. The van der Waals surface area contributed by atoms with E-state index in [9.17, 15) is 9.70 Å². The first-order chi connectivity index (χ1) is 7.22. The van der Waals surface area contributed by atoms with Gasteiger partial charge in [-0.2, -0.15) is 0 Å². The Kier molecular flexibility index (Phi) is 3.61. The highest BCUT2D eigenvalue weighted by Gasteiger charge is 2.12. The minimum absolute atomic E-state index is 0.159. The lowest BCUT2D eigenvalue weighted by Crippen LogP contribution is -2.01. The standard InChI is InChI=1S/C9H9NO5/c1-13-7-4-3-6(5-8(7)14-2)9(11)15-10-12/h3-5H,1-2H3. The van der Waals surface area contributed by atoms with Crippen LogP contribution in [0.2, 0.25) is 0 Å². The van der Waals surface area contributed by atoms with E-state index in [2.05, 4.69) is 4.84 Å². The molecule has 0 heterocycles. The van der Waals surface area contributed by atoms with E-state index in [0.29, 0.717) is 11.5 Å². The summed E-state index contributed by atoms with van der Waals surface area (Å²) < 4.78 is 9.93. The van der Waals surface area contributed by atoms with E-state index in [1.54, 1.807) is 0 Å². The quantitative estimate of drug-likeness (QED) is 0.557. The third kappa shape index (κ3) is 2.43. The first kappa shape index (κ1) is 11.0. The zero-order valence-corrected chi connectivity index (χ0v) is 8.22. The van der Waals surface area contributed by atoms with Crippen LogP contribution in [0.25, 0.3) is 0 Å². The number of nitrogens with zero attached hydrogens (tertiary/aromatic N) is 1. The summed E-state index contributed by atoms with van der Waals surface area (Å²) in [5.41, 5.74) is 0.159. The van der Waals surface area contributed by atoms with Gasteiger partial charge < -0.3 is 9.47 Å². The van der Waals surface area contributed by atoms with Crippen LogP contribution in [0.15, 0.2) is 23.5 Å². The molecule has 0 unspecified atom stereocenters. The van der Waals surface area contributed by atoms with Crippen molar-refractivity contribution in [1.82, 2.24) is 0 Å². The predicted octanol–water partition coefficient (Wildman–Crippen LogP) is 1.54. The van der Waals surface area contributed by atoms with Crippen molar-refractivity contribution in [2.75, 3.05) is 14.2 Å². The molecule has 0 aromatic heterocycles. The minimum Gasteiger partial charge on any atom is -0.493 e. The lowest BCUT2D eigenvalue weighted by molar-refractivity contribution is 0.0508. The molecule has 1 aromatic rings. The SMILES string of the molecule is COc1ccc(C(=O)ON=O)cc1OC. The number of hydrogen-bond acceptors (Lipinski definition) is 6. The van der Waals surface area contributed by atoms with Gasteiger partial charge in [-0.1, -0.05) is 0 Å². The fourth-order valence-corrected chi connectivity index (χ4v) is 1.05. The van der Waals surface area contributed by atoms with E-state index < -0.39 is 5.97 Å². The maximum atomic E-state index is 11.1. The molecule has 0 bridgehead atoms. The van der Waals surface area contributed by atoms with Gasteiger partial charge in [-0.05, 0) is 18.2 Å². The lowest BCUT2D eigenvalue weighted by atomic mass is 10.2. The fourth-order valence-electron chi connectivity index (χ4n) is 1.05. The Bertz CT molecular complexity index is 377. The Morgan fingerprint density at radius 2 is 1.87 bits per heavy atom. The van der Waals surface area contributed by atoms with Crippen LogP contribution in [-0.2, 0) is 4.84 Å². The third-order valence-electron chi connectivity index (χ3n) is 1.74. The van der Waals surface area contributed by atoms with Crippen LogP contribution in [0.5, 0.6) is 11.5 Å². The summed E-state index contributed by atoms with van der Waals surface area (Å²) in [5.74, 6) is 0.0110. The van der Waals surface area contributed by atoms with Crippen LogP contribution in [0, 0.1) is 4.91 Å². The number of carbonyl (C=O) groups excluding carboxylic acids is 1. The van der Waals surface area contributed by atoms with Crippen LogP contribution in [0.1, 0.15) is 10.4 Å². The number of rotatable bonds is 4. The van der Waals surface area contributed by atoms with Gasteiger partial charge in [-0.15, -0.1) is 4.91 Å². The highest BCUT2D eigenvalue weighted by atomic mass is 16.7. The Labute approximate surface area is 85.7 Å². The van der Waals surface area contributed by atoms with Crippen molar-refractivity contribution in [2.45, 2.75) is 0 Å². The maximum absolute atomic E-state index is 11.1. The van der Waals surface area contributed by atoms with E-state index in [-0.39, 0.29) is 5.56 Å². The van der Waals surface area contributed by atoms with Crippen molar-refractivity contribution in [3.05, 3.63) is 28.7 Å². The molecule has 6 heteroatoms. The minimum atomic E-state index is -0.842. The maximum Gasteiger partial charge on any atom is 0.369 e. The first-order valence-corrected chi connectivity index (χ1v) is 3.99. The van der Waals surface area contributed by atoms with Gasteiger partial charge in [-0.25, -0.2) is 4.79 Å². The lowest BCUT2D eigenvalue weighted by Gasteiger charge is -2.07. The van der Waals surface area contributed by atoms with Crippen molar-refractivity contribution in [2.24, 2.45) is 5.34 Å². The number of hydrogen-bond donors (Lipinski definition) is 0. The second kappa shape index (κ2) is 4.94. The number of ether oxygens (including phenoxy) is 2. The van der Waals surface area contributed by atoms with Gasteiger partial charge in [0.05, 0.1) is 19.8 Å². The molecule has 0 aliphatic carbocycles. The Hall–Kier alpha value is -2.11. The zero-order valence-electron chi connectivity index (χ0n) is 8.22. The molecule has 0 amide bonds. The van der Waals surface area contributed by atoms with Gasteiger partial charge in [0.2, 0.25) is 0 Å². The topological polar surface area (TPSA) is 74.2 Å². The van der Waals surface area contributed by atoms with Crippen LogP contribution in [0.4, 0.5) is 0 Å². The predicted molar refractivity (Wildman–Crippen MR) is 50.8 cm³/mol. The molecule has 6 nitrogen and oxygen atoms in total. The summed E-state index contributed by atoms with van der Waals surface area (Å²) in [4.78, 5) is 24.8. The molecule has 0 radical (unpaired) electrons. The smallest absolute Gasteiger partial charge is 0.369 e. The van der Waals surface area contributed by atoms with E-state index >= 15 is 0 Å². The van der Waals surface area contributed by atoms with Crippen LogP contribution >= 0.6 is 0 Å². The monoisotopic (exact) mass is 211 g/mol. The highest BCUT2D eigenvalue weighted by molar-refractivity contribution is 5.90. The van der Waals surface area contributed by atoms with Gasteiger partial charge in [0.25, 0.3) is 0 Å². The van der Waals surface area contributed by atoms with Crippen molar-refractivity contribution >= 4 is 5.97 Å². The molecule has 0 fully saturated rings. The van der Waals surface area contributed by atoms with E-state index in [0.717, 1.165) is 0 Å². The third-order valence-corrected chi connectivity index (χ3v) is 1.74. The molecule has 0 saturated carbocycles. The second-order valence-electron chi connectivity index (χ2n) is 2.52. The summed E-state index contributed by atoms with van der Waals surface area (Å²) in [6.45, 7) is 0. The Balaban J connectivity index is 3.02. The average Bonchev–Trinajstić information content (AvgIpc) is 2.28. The van der Waals surface area contributed by atoms with Crippen LogP contribution in [0.3, 0.4) is 0 Å². The normalized spacial score (nSPS) is 9.20. The molecule has 1 rings (SSSR count). The van der Waals surface area contributed by atoms with Crippen molar-refractivity contribution in [3.63, 3.8) is 0 Å². The van der Waals surface area contributed by atoms with Crippen molar-refractivity contribution in [3.8, 4) is 11.5 Å². The molecule has 0 aliphatic rings. The molecule has 0 aliphatic heterocycles. The number of methoxy groups -OCH3 is 2. The molecule has 15 heavy (non-hydrogen) atoms. The molecule has 0 N–H and O–H groups in total. The highest BCUT2D eigenvalue weighted by Crippen LogP contribution is 2.27. The number of benzene rings is 1. The van der Waals surface area contributed by atoms with Gasteiger partial charge in [0.15, 0.2) is 16.8 Å². The van der Waals surface area contributed by atoms with Gasteiger partial charge >= 0.3 is 5.97 Å². The summed E-state index contributed by atoms with van der Waals surface area (Å²) in [5, 5.41) is 2.04. The summed E-state index contributed by atoms with van der Waals surface area (Å²) in [6, 6.07) is 4.36. The summed E-state index contributed by atoms with van der Waals surface area (Å²) >= 11 is 0. The van der Waals surface area contributed by atoms with Crippen LogP contribution < -0.4 is 9.47 Å². The molecule has 0 atom stereocenters. The van der Waals surface area contributed by atoms with E-state index in [4.69, 9.17) is 9.47 Å². The first-order valence-electron chi connectivity index (χ1n) is 3.99. The van der Waals surface area contributed by atoms with E-state index in [1.807, 2.05) is 5.34 Å². The Morgan fingerprint density at radius 3 is 2.40 bits per heavy atom. The van der Waals surface area contributed by atoms with Crippen molar-refractivity contribution in [1.29, 1.82) is 0 Å². The Morgan fingerprint density at radius 1 is 1.20 bits per heavy atom. The summed E-state index contributed by atoms with van der Waals surface area (Å²) in [7, 11) is 2.91. The second-order valence-corrected chi connectivity index (χ2v) is 2.52. The van der Waals surface area contributed by atoms with E-state index in [1.165, 1.54) is 32.4 Å². The van der Waals surface area contributed by atoms with Gasteiger partial charge in [0.1, 0.15) is 0 Å². The average molecular weight is 211 g/mol.